The molecular weight excluding hydrogens is 391 g/mol. The Hall–Kier alpha value is -2.34. The molecule has 0 bridgehead atoms. The normalized spacial score (nSPS) is 10.4. The van der Waals surface area contributed by atoms with Crippen LogP contribution in [0.5, 0.6) is 0 Å². The van der Waals surface area contributed by atoms with Crippen LogP contribution in [-0.4, -0.2) is 11.8 Å². The highest BCUT2D eigenvalue weighted by molar-refractivity contribution is 7.12. The van der Waals surface area contributed by atoms with Gasteiger partial charge in [0.15, 0.2) is 0 Å². The molecule has 0 fully saturated rings. The summed E-state index contributed by atoms with van der Waals surface area (Å²) in [6.07, 6.45) is 0. The van der Waals surface area contributed by atoms with Gasteiger partial charge in [0, 0.05) is 17.8 Å². The number of rotatable bonds is 5. The largest absolute Gasteiger partial charge is 0.347 e. The summed E-state index contributed by atoms with van der Waals surface area (Å²) in [5, 5.41) is 8.27. The maximum Gasteiger partial charge on any atom is 0.261 e. The second kappa shape index (κ2) is 8.36. The zero-order chi connectivity index (χ0) is 18.5. The Morgan fingerprint density at radius 1 is 0.923 bits per heavy atom. The molecule has 2 amide bonds. The molecule has 2 aromatic carbocycles. The molecule has 0 radical (unpaired) electrons. The minimum atomic E-state index is -0.252. The van der Waals surface area contributed by atoms with Gasteiger partial charge in [-0.15, -0.1) is 11.3 Å². The number of hydrogen-bond acceptors (Lipinski definition) is 3. The van der Waals surface area contributed by atoms with E-state index in [4.69, 9.17) is 23.2 Å². The zero-order valence-corrected chi connectivity index (χ0v) is 15.8. The minimum absolute atomic E-state index is 0.110. The van der Waals surface area contributed by atoms with Crippen LogP contribution in [-0.2, 0) is 6.54 Å². The highest BCUT2D eigenvalue weighted by Crippen LogP contribution is 2.25. The molecule has 0 atom stereocenters. The van der Waals surface area contributed by atoms with Crippen molar-refractivity contribution in [1.82, 2.24) is 5.32 Å². The van der Waals surface area contributed by atoms with Gasteiger partial charge in [-0.1, -0.05) is 41.4 Å². The van der Waals surface area contributed by atoms with Crippen LogP contribution in [0.25, 0.3) is 0 Å². The van der Waals surface area contributed by atoms with E-state index in [1.165, 1.54) is 11.3 Å². The second-order valence-corrected chi connectivity index (χ2v) is 7.20. The summed E-state index contributed by atoms with van der Waals surface area (Å²) in [6, 6.07) is 15.5. The Balaban J connectivity index is 1.58. The van der Waals surface area contributed by atoms with E-state index in [1.807, 2.05) is 11.4 Å². The molecule has 0 aliphatic rings. The van der Waals surface area contributed by atoms with Crippen molar-refractivity contribution in [3.63, 3.8) is 0 Å². The summed E-state index contributed by atoms with van der Waals surface area (Å²) in [7, 11) is 0. The lowest BCUT2D eigenvalue weighted by Gasteiger charge is -2.08. The van der Waals surface area contributed by atoms with E-state index in [0.29, 0.717) is 32.7 Å². The first kappa shape index (κ1) is 18.5. The van der Waals surface area contributed by atoms with Crippen molar-refractivity contribution in [2.24, 2.45) is 0 Å². The maximum absolute atomic E-state index is 12.3. The molecule has 0 unspecified atom stereocenters. The Kier molecular flexibility index (Phi) is 5.93. The molecule has 1 heterocycles. The van der Waals surface area contributed by atoms with Gasteiger partial charge in [-0.25, -0.2) is 0 Å². The number of halogens is 2. The van der Waals surface area contributed by atoms with Crippen molar-refractivity contribution in [1.29, 1.82) is 0 Å². The van der Waals surface area contributed by atoms with Gasteiger partial charge in [0.2, 0.25) is 0 Å². The average molecular weight is 405 g/mol. The molecule has 132 valence electrons. The molecule has 0 saturated heterocycles. The third-order valence-corrected chi connectivity index (χ3v) is 5.20. The lowest BCUT2D eigenvalue weighted by molar-refractivity contribution is 0.0953. The molecular formula is C19H14Cl2N2O2S. The van der Waals surface area contributed by atoms with Gasteiger partial charge in [0.25, 0.3) is 11.8 Å². The Bertz CT molecular complexity index is 925. The van der Waals surface area contributed by atoms with Crippen LogP contribution in [0.2, 0.25) is 10.0 Å². The van der Waals surface area contributed by atoms with E-state index in [-0.39, 0.29) is 11.8 Å². The summed E-state index contributed by atoms with van der Waals surface area (Å²) in [5.41, 5.74) is 1.97. The number of carbonyl (C=O) groups excluding carboxylic acids is 2. The number of benzene rings is 2. The van der Waals surface area contributed by atoms with E-state index in [0.717, 1.165) is 5.56 Å². The van der Waals surface area contributed by atoms with Crippen molar-refractivity contribution in [2.45, 2.75) is 6.54 Å². The van der Waals surface area contributed by atoms with Crippen LogP contribution in [0.15, 0.2) is 60.0 Å². The third-order valence-electron chi connectivity index (χ3n) is 3.59. The number of anilines is 1. The minimum Gasteiger partial charge on any atom is -0.347 e. The van der Waals surface area contributed by atoms with Crippen molar-refractivity contribution >= 4 is 52.0 Å². The van der Waals surface area contributed by atoms with Gasteiger partial charge in [0.1, 0.15) is 0 Å². The Morgan fingerprint density at radius 3 is 2.35 bits per heavy atom. The van der Waals surface area contributed by atoms with E-state index in [1.54, 1.807) is 48.5 Å². The molecule has 0 aliphatic heterocycles. The Labute approximate surface area is 164 Å². The van der Waals surface area contributed by atoms with Gasteiger partial charge in [-0.05, 0) is 47.3 Å². The molecule has 0 spiro atoms. The molecule has 26 heavy (non-hydrogen) atoms. The first-order chi connectivity index (χ1) is 12.5. The smallest absolute Gasteiger partial charge is 0.261 e. The van der Waals surface area contributed by atoms with Gasteiger partial charge in [-0.3, -0.25) is 9.59 Å². The number of hydrogen-bond donors (Lipinski definition) is 2. The quantitative estimate of drug-likeness (QED) is 0.610. The fraction of sp³-hybridized carbons (Fsp3) is 0.0526. The second-order valence-electron chi connectivity index (χ2n) is 5.44. The fourth-order valence-corrected chi connectivity index (χ4v) is 3.17. The number of carbonyl (C=O) groups is 2. The maximum atomic E-state index is 12.3. The number of nitrogens with one attached hydrogen (secondary N) is 2. The monoisotopic (exact) mass is 404 g/mol. The van der Waals surface area contributed by atoms with Crippen molar-refractivity contribution < 1.29 is 9.59 Å². The fourth-order valence-electron chi connectivity index (χ4n) is 2.23. The van der Waals surface area contributed by atoms with E-state index < -0.39 is 0 Å². The molecule has 1 aromatic heterocycles. The van der Waals surface area contributed by atoms with Gasteiger partial charge in [-0.2, -0.15) is 0 Å². The number of thiophene rings is 1. The summed E-state index contributed by atoms with van der Waals surface area (Å²) in [4.78, 5) is 24.9. The van der Waals surface area contributed by atoms with Crippen LogP contribution >= 0.6 is 34.5 Å². The van der Waals surface area contributed by atoms with Gasteiger partial charge >= 0.3 is 0 Å². The van der Waals surface area contributed by atoms with Crippen molar-refractivity contribution in [3.05, 3.63) is 86.0 Å². The van der Waals surface area contributed by atoms with Crippen LogP contribution in [0, 0.1) is 0 Å². The highest BCUT2D eigenvalue weighted by Gasteiger charge is 2.09. The van der Waals surface area contributed by atoms with Crippen LogP contribution < -0.4 is 10.6 Å². The lowest BCUT2D eigenvalue weighted by atomic mass is 10.1. The van der Waals surface area contributed by atoms with E-state index in [2.05, 4.69) is 10.6 Å². The first-order valence-electron chi connectivity index (χ1n) is 7.70. The van der Waals surface area contributed by atoms with Gasteiger partial charge in [0.05, 0.1) is 14.9 Å². The third kappa shape index (κ3) is 4.64. The summed E-state index contributed by atoms with van der Waals surface area (Å²) < 4.78 is 0. The molecule has 0 saturated carbocycles. The molecule has 3 aromatic rings. The Morgan fingerprint density at radius 2 is 1.69 bits per heavy atom. The molecule has 4 nitrogen and oxygen atoms in total. The molecule has 2 N–H and O–H groups in total. The standard InChI is InChI=1S/C19H14Cl2N2O2S/c20-15-8-7-14(10-16(15)21)23-18(24)13-5-3-12(4-6-13)11-22-19(25)17-2-1-9-26-17/h1-10H,11H2,(H,22,25)(H,23,24). The predicted octanol–water partition coefficient (Wildman–Crippen LogP) is 5.24. The lowest BCUT2D eigenvalue weighted by Crippen LogP contribution is -2.21. The van der Waals surface area contributed by atoms with Crippen LogP contribution in [0.1, 0.15) is 25.6 Å². The van der Waals surface area contributed by atoms with E-state index in [9.17, 15) is 9.59 Å². The molecule has 3 rings (SSSR count). The highest BCUT2D eigenvalue weighted by atomic mass is 35.5. The summed E-state index contributed by atoms with van der Waals surface area (Å²) >= 11 is 13.2. The predicted molar refractivity (Wildman–Crippen MR) is 106 cm³/mol. The average Bonchev–Trinajstić information content (AvgIpc) is 3.18. The topological polar surface area (TPSA) is 58.2 Å². The van der Waals surface area contributed by atoms with Crippen LogP contribution in [0.4, 0.5) is 5.69 Å². The van der Waals surface area contributed by atoms with Crippen molar-refractivity contribution in [3.8, 4) is 0 Å². The molecule has 7 heteroatoms. The number of amides is 2. The summed E-state index contributed by atoms with van der Waals surface area (Å²) in [6.45, 7) is 0.394. The summed E-state index contributed by atoms with van der Waals surface area (Å²) in [5.74, 6) is -0.362. The zero-order valence-electron chi connectivity index (χ0n) is 13.5. The van der Waals surface area contributed by atoms with E-state index >= 15 is 0 Å². The molecule has 0 aliphatic carbocycles. The van der Waals surface area contributed by atoms with Gasteiger partial charge < -0.3 is 10.6 Å². The van der Waals surface area contributed by atoms with Crippen molar-refractivity contribution in [2.75, 3.05) is 5.32 Å². The SMILES string of the molecule is O=C(Nc1ccc(Cl)c(Cl)c1)c1ccc(CNC(=O)c2cccs2)cc1. The first-order valence-corrected chi connectivity index (χ1v) is 9.33. The van der Waals surface area contributed by atoms with Crippen LogP contribution in [0.3, 0.4) is 0 Å².